The van der Waals surface area contributed by atoms with Crippen LogP contribution in [0.15, 0.2) is 16.7 Å². The van der Waals surface area contributed by atoms with E-state index in [0.717, 1.165) is 6.20 Å². The van der Waals surface area contributed by atoms with Gasteiger partial charge in [-0.05, 0) is 22.0 Å². The molecule has 23 heavy (non-hydrogen) atoms. The van der Waals surface area contributed by atoms with Crippen LogP contribution in [0.3, 0.4) is 0 Å². The Morgan fingerprint density at radius 1 is 1.52 bits per heavy atom. The number of pyridine rings is 1. The lowest BCUT2D eigenvalue weighted by Gasteiger charge is -2.11. The van der Waals surface area contributed by atoms with Crippen LogP contribution in [0.2, 0.25) is 5.02 Å². The summed E-state index contributed by atoms with van der Waals surface area (Å²) in [7, 11) is 0. The molecule has 11 heteroatoms. The SMILES string of the molecule is O=C(O)NCCNc1c([N+](=O)[O-])cnc2c(F)c(Br)c(Cl)cc12. The number of amides is 1. The number of fused-ring (bicyclic) bond motifs is 1. The van der Waals surface area contributed by atoms with E-state index in [-0.39, 0.29) is 44.9 Å². The molecule has 0 aliphatic carbocycles. The third kappa shape index (κ3) is 3.59. The van der Waals surface area contributed by atoms with Crippen LogP contribution in [0.5, 0.6) is 0 Å². The van der Waals surface area contributed by atoms with Crippen LogP contribution in [0.4, 0.5) is 20.6 Å². The number of hydrogen-bond donors (Lipinski definition) is 3. The summed E-state index contributed by atoms with van der Waals surface area (Å²) in [5.74, 6) is -0.742. The van der Waals surface area contributed by atoms with E-state index in [1.807, 2.05) is 0 Å². The zero-order valence-corrected chi connectivity index (χ0v) is 13.6. The van der Waals surface area contributed by atoms with Crippen LogP contribution in [-0.2, 0) is 0 Å². The van der Waals surface area contributed by atoms with E-state index in [1.54, 1.807) is 0 Å². The molecule has 122 valence electrons. The second-order valence-electron chi connectivity index (χ2n) is 4.32. The van der Waals surface area contributed by atoms with Gasteiger partial charge in [-0.3, -0.25) is 10.1 Å². The van der Waals surface area contributed by atoms with Gasteiger partial charge in [0.25, 0.3) is 0 Å². The van der Waals surface area contributed by atoms with Gasteiger partial charge in [-0.15, -0.1) is 0 Å². The number of benzene rings is 1. The van der Waals surface area contributed by atoms with E-state index in [4.69, 9.17) is 16.7 Å². The molecular formula is C12H9BrClFN4O4. The molecule has 2 rings (SSSR count). The predicted molar refractivity (Wildman–Crippen MR) is 85.6 cm³/mol. The quantitative estimate of drug-likeness (QED) is 0.303. The van der Waals surface area contributed by atoms with Crippen LogP contribution in [-0.4, -0.2) is 34.2 Å². The summed E-state index contributed by atoms with van der Waals surface area (Å²) >= 11 is 8.87. The maximum absolute atomic E-state index is 14.2. The summed E-state index contributed by atoms with van der Waals surface area (Å²) in [5.41, 5.74) is -0.452. The Kier molecular flexibility index (Phi) is 5.16. The van der Waals surface area contributed by atoms with Gasteiger partial charge in [0.2, 0.25) is 0 Å². The fourth-order valence-electron chi connectivity index (χ4n) is 1.91. The van der Waals surface area contributed by atoms with Crippen molar-refractivity contribution >= 4 is 55.9 Å². The third-order valence-electron chi connectivity index (χ3n) is 2.88. The average molecular weight is 408 g/mol. The van der Waals surface area contributed by atoms with E-state index >= 15 is 0 Å². The number of anilines is 1. The number of nitro groups is 1. The molecular weight excluding hydrogens is 399 g/mol. The molecule has 0 aliphatic heterocycles. The highest BCUT2D eigenvalue weighted by Gasteiger charge is 2.22. The lowest BCUT2D eigenvalue weighted by Crippen LogP contribution is -2.27. The van der Waals surface area contributed by atoms with Crippen molar-refractivity contribution < 1.29 is 19.2 Å². The number of carbonyl (C=O) groups is 1. The minimum atomic E-state index is -1.22. The number of nitrogens with one attached hydrogen (secondary N) is 2. The Labute approximate surface area is 141 Å². The third-order valence-corrected chi connectivity index (χ3v) is 4.18. The molecule has 1 amide bonds. The minimum absolute atomic E-state index is 0.00302. The van der Waals surface area contributed by atoms with Crippen molar-refractivity contribution in [3.63, 3.8) is 0 Å². The van der Waals surface area contributed by atoms with E-state index < -0.39 is 16.8 Å². The van der Waals surface area contributed by atoms with Crippen molar-refractivity contribution in [1.29, 1.82) is 0 Å². The molecule has 0 unspecified atom stereocenters. The summed E-state index contributed by atoms with van der Waals surface area (Å²) in [6, 6.07) is 1.34. The first-order valence-electron chi connectivity index (χ1n) is 6.14. The molecule has 0 bridgehead atoms. The summed E-state index contributed by atoms with van der Waals surface area (Å²) in [5, 5.41) is 24.6. The lowest BCUT2D eigenvalue weighted by atomic mass is 10.1. The van der Waals surface area contributed by atoms with Gasteiger partial charge in [-0.1, -0.05) is 11.6 Å². The van der Waals surface area contributed by atoms with E-state index in [0.29, 0.717) is 0 Å². The Hall–Kier alpha value is -2.20. The molecule has 1 aromatic heterocycles. The fraction of sp³-hybridized carbons (Fsp3) is 0.167. The number of hydrogen-bond acceptors (Lipinski definition) is 5. The molecule has 0 atom stereocenters. The highest BCUT2D eigenvalue weighted by molar-refractivity contribution is 9.10. The molecule has 3 N–H and O–H groups in total. The van der Waals surface area contributed by atoms with E-state index in [9.17, 15) is 19.3 Å². The smallest absolute Gasteiger partial charge is 0.404 e. The Balaban J connectivity index is 2.51. The van der Waals surface area contributed by atoms with E-state index in [2.05, 4.69) is 31.5 Å². The predicted octanol–water partition coefficient (Wildman–Crippen LogP) is 3.38. The van der Waals surface area contributed by atoms with Crippen LogP contribution >= 0.6 is 27.5 Å². The monoisotopic (exact) mass is 406 g/mol. The maximum Gasteiger partial charge on any atom is 0.404 e. The second-order valence-corrected chi connectivity index (χ2v) is 5.52. The van der Waals surface area contributed by atoms with Gasteiger partial charge in [0, 0.05) is 18.5 Å². The number of rotatable bonds is 5. The van der Waals surface area contributed by atoms with Gasteiger partial charge in [-0.2, -0.15) is 0 Å². The van der Waals surface area contributed by atoms with Crippen LogP contribution in [0, 0.1) is 15.9 Å². The number of halogens is 3. The largest absolute Gasteiger partial charge is 0.465 e. The van der Waals surface area contributed by atoms with Crippen molar-refractivity contribution in [3.8, 4) is 0 Å². The number of aromatic nitrogens is 1. The van der Waals surface area contributed by atoms with Crippen LogP contribution in [0.25, 0.3) is 10.9 Å². The van der Waals surface area contributed by atoms with Crippen molar-refractivity contribution in [1.82, 2.24) is 10.3 Å². The topological polar surface area (TPSA) is 117 Å². The van der Waals surface area contributed by atoms with Gasteiger partial charge >= 0.3 is 11.8 Å². The first-order chi connectivity index (χ1) is 10.8. The lowest BCUT2D eigenvalue weighted by molar-refractivity contribution is -0.384. The number of nitrogens with zero attached hydrogens (tertiary/aromatic N) is 2. The van der Waals surface area contributed by atoms with Gasteiger partial charge in [0.1, 0.15) is 17.4 Å². The Bertz CT molecular complexity index is 804. The first kappa shape index (κ1) is 17.2. The van der Waals surface area contributed by atoms with Crippen LogP contribution < -0.4 is 10.6 Å². The summed E-state index contributed by atoms with van der Waals surface area (Å²) in [6.45, 7) is 0.0601. The fourth-order valence-corrected chi connectivity index (χ4v) is 2.41. The molecule has 0 radical (unpaired) electrons. The molecule has 0 fully saturated rings. The van der Waals surface area contributed by atoms with Crippen molar-refractivity contribution in [2.75, 3.05) is 18.4 Å². The summed E-state index contributed by atoms with van der Waals surface area (Å²) in [4.78, 5) is 24.6. The van der Waals surface area contributed by atoms with E-state index in [1.165, 1.54) is 6.07 Å². The van der Waals surface area contributed by atoms with Crippen molar-refractivity contribution in [2.24, 2.45) is 0 Å². The Morgan fingerprint density at radius 2 is 2.22 bits per heavy atom. The molecule has 0 spiro atoms. The summed E-state index contributed by atoms with van der Waals surface area (Å²) < 4.78 is 14.2. The van der Waals surface area contributed by atoms with Gasteiger partial charge in [0.15, 0.2) is 5.82 Å². The van der Waals surface area contributed by atoms with Gasteiger partial charge in [0.05, 0.1) is 14.4 Å². The molecule has 1 heterocycles. The standard InChI is InChI=1S/C12H9BrClFN4O4/c13-8-6(14)3-5-10(16-1-2-17-12(20)21)7(19(22)23)4-18-11(5)9(8)15/h3-4,17H,1-2H2,(H,16,18)(H,20,21). The average Bonchev–Trinajstić information content (AvgIpc) is 2.49. The van der Waals surface area contributed by atoms with Crippen LogP contribution in [0.1, 0.15) is 0 Å². The Morgan fingerprint density at radius 3 is 2.83 bits per heavy atom. The van der Waals surface area contributed by atoms with Gasteiger partial charge in [-0.25, -0.2) is 14.2 Å². The molecule has 0 aliphatic rings. The number of carboxylic acid groups (broad SMARTS) is 1. The zero-order valence-electron chi connectivity index (χ0n) is 11.3. The molecule has 0 saturated heterocycles. The zero-order chi connectivity index (χ0) is 17.1. The normalized spacial score (nSPS) is 10.6. The highest BCUT2D eigenvalue weighted by Crippen LogP contribution is 2.38. The van der Waals surface area contributed by atoms with Crippen molar-refractivity contribution in [2.45, 2.75) is 0 Å². The van der Waals surface area contributed by atoms with Crippen molar-refractivity contribution in [3.05, 3.63) is 37.7 Å². The second kappa shape index (κ2) is 6.92. The molecule has 8 nitrogen and oxygen atoms in total. The summed E-state index contributed by atoms with van der Waals surface area (Å²) in [6.07, 6.45) is -0.294. The van der Waals surface area contributed by atoms with Gasteiger partial charge < -0.3 is 15.7 Å². The highest BCUT2D eigenvalue weighted by atomic mass is 79.9. The minimum Gasteiger partial charge on any atom is -0.465 e. The molecule has 1 aromatic carbocycles. The molecule has 2 aromatic rings. The first-order valence-corrected chi connectivity index (χ1v) is 7.31. The molecule has 0 saturated carbocycles. The maximum atomic E-state index is 14.2.